The van der Waals surface area contributed by atoms with Crippen molar-refractivity contribution in [2.75, 3.05) is 13.6 Å². The van der Waals surface area contributed by atoms with Gasteiger partial charge >= 0.3 is 0 Å². The zero-order chi connectivity index (χ0) is 9.84. The van der Waals surface area contributed by atoms with Crippen LogP contribution in [0.4, 0.5) is 0 Å². The van der Waals surface area contributed by atoms with Crippen molar-refractivity contribution in [2.45, 2.75) is 32.2 Å². The summed E-state index contributed by atoms with van der Waals surface area (Å²) in [5.41, 5.74) is 0. The summed E-state index contributed by atoms with van der Waals surface area (Å²) in [5.74, 6) is -0.340. The summed E-state index contributed by atoms with van der Waals surface area (Å²) in [7, 11) is 1.82. The Morgan fingerprint density at radius 1 is 1.54 bits per heavy atom. The molecule has 1 N–H and O–H groups in total. The molecule has 1 atom stereocenters. The van der Waals surface area contributed by atoms with Crippen LogP contribution in [0.2, 0.25) is 0 Å². The molecule has 1 heterocycles. The molecule has 0 spiro atoms. The fourth-order valence-electron chi connectivity index (χ4n) is 1.55. The number of hydrogen-bond donors (Lipinski definition) is 1. The molecule has 1 saturated heterocycles. The van der Waals surface area contributed by atoms with Crippen LogP contribution in [0.5, 0.6) is 0 Å². The van der Waals surface area contributed by atoms with Crippen LogP contribution >= 0.6 is 0 Å². The minimum Gasteiger partial charge on any atom is -0.294 e. The Bertz CT molecular complexity index is 216. The van der Waals surface area contributed by atoms with Gasteiger partial charge in [-0.15, -0.1) is 0 Å². The van der Waals surface area contributed by atoms with Gasteiger partial charge in [-0.2, -0.15) is 0 Å². The molecule has 1 aliphatic rings. The highest BCUT2D eigenvalue weighted by atomic mass is 16.2. The Hall–Kier alpha value is -0.900. The number of nitrogens with zero attached hydrogens (tertiary/aromatic N) is 1. The van der Waals surface area contributed by atoms with Crippen LogP contribution in [0.15, 0.2) is 0 Å². The maximum atomic E-state index is 11.3. The molecule has 0 bridgehead atoms. The third-order valence-corrected chi connectivity index (χ3v) is 2.32. The lowest BCUT2D eigenvalue weighted by molar-refractivity contribution is -0.139. The normalized spacial score (nSPS) is 24.6. The van der Waals surface area contributed by atoms with Gasteiger partial charge in [0, 0.05) is 0 Å². The van der Waals surface area contributed by atoms with E-state index in [4.69, 9.17) is 0 Å². The van der Waals surface area contributed by atoms with Crippen molar-refractivity contribution in [3.8, 4) is 0 Å². The first-order chi connectivity index (χ1) is 6.15. The van der Waals surface area contributed by atoms with E-state index in [9.17, 15) is 9.59 Å². The lowest BCUT2D eigenvalue weighted by Crippen LogP contribution is -2.56. The first kappa shape index (κ1) is 10.2. The molecule has 1 rings (SSSR count). The minimum absolute atomic E-state index is 0.113. The number of carbonyl (C=O) groups is 2. The van der Waals surface area contributed by atoms with E-state index in [0.29, 0.717) is 6.54 Å². The third kappa shape index (κ3) is 2.52. The Kier molecular flexibility index (Phi) is 3.42. The molecule has 13 heavy (non-hydrogen) atoms. The molecule has 2 amide bonds. The molecular formula is C9H16N2O2. The molecule has 4 nitrogen and oxygen atoms in total. The first-order valence-electron chi connectivity index (χ1n) is 4.69. The van der Waals surface area contributed by atoms with Crippen LogP contribution < -0.4 is 5.32 Å². The fourth-order valence-corrected chi connectivity index (χ4v) is 1.55. The van der Waals surface area contributed by atoms with Crippen molar-refractivity contribution in [2.24, 2.45) is 0 Å². The average molecular weight is 184 g/mol. The minimum atomic E-state index is -0.194. The summed E-state index contributed by atoms with van der Waals surface area (Å²) in [6.07, 6.45) is 2.94. The molecule has 1 fully saturated rings. The second-order valence-electron chi connectivity index (χ2n) is 3.49. The Balaban J connectivity index is 2.51. The Morgan fingerprint density at radius 2 is 2.23 bits per heavy atom. The van der Waals surface area contributed by atoms with Crippen molar-refractivity contribution in [1.82, 2.24) is 10.2 Å². The topological polar surface area (TPSA) is 49.4 Å². The standard InChI is InChI=1S/C9H16N2O2/c1-3-4-5-7-9(13)10-8(12)6-11(7)2/h7H,3-6H2,1-2H3,(H,10,12,13). The summed E-state index contributed by atoms with van der Waals surface area (Å²) in [6.45, 7) is 2.42. The van der Waals surface area contributed by atoms with E-state index in [1.165, 1.54) is 0 Å². The fraction of sp³-hybridized carbons (Fsp3) is 0.778. The van der Waals surface area contributed by atoms with Gasteiger partial charge in [-0.3, -0.25) is 19.8 Å². The van der Waals surface area contributed by atoms with Gasteiger partial charge in [-0.05, 0) is 13.5 Å². The monoisotopic (exact) mass is 184 g/mol. The van der Waals surface area contributed by atoms with Gasteiger partial charge in [0.1, 0.15) is 0 Å². The van der Waals surface area contributed by atoms with E-state index >= 15 is 0 Å². The molecule has 0 aromatic heterocycles. The van der Waals surface area contributed by atoms with Crippen molar-refractivity contribution < 1.29 is 9.59 Å². The maximum Gasteiger partial charge on any atom is 0.243 e. The number of amides is 2. The van der Waals surface area contributed by atoms with Gasteiger partial charge in [0.25, 0.3) is 0 Å². The predicted octanol–water partition coefficient (Wildman–Crippen LogP) is 0.133. The highest BCUT2D eigenvalue weighted by Crippen LogP contribution is 2.10. The molecule has 0 aromatic rings. The lowest BCUT2D eigenvalue weighted by atomic mass is 10.1. The van der Waals surface area contributed by atoms with Crippen molar-refractivity contribution in [3.63, 3.8) is 0 Å². The predicted molar refractivity (Wildman–Crippen MR) is 49.1 cm³/mol. The van der Waals surface area contributed by atoms with Crippen LogP contribution in [0.25, 0.3) is 0 Å². The second-order valence-corrected chi connectivity index (χ2v) is 3.49. The smallest absolute Gasteiger partial charge is 0.243 e. The SMILES string of the molecule is CCCCC1C(=O)NC(=O)CN1C. The van der Waals surface area contributed by atoms with Crippen molar-refractivity contribution in [3.05, 3.63) is 0 Å². The van der Waals surface area contributed by atoms with Crippen LogP contribution in [0.1, 0.15) is 26.2 Å². The van der Waals surface area contributed by atoms with Gasteiger partial charge < -0.3 is 0 Å². The lowest BCUT2D eigenvalue weighted by Gasteiger charge is -2.30. The quantitative estimate of drug-likeness (QED) is 0.634. The number of imide groups is 1. The molecule has 0 saturated carbocycles. The van der Waals surface area contributed by atoms with Crippen molar-refractivity contribution >= 4 is 11.8 Å². The van der Waals surface area contributed by atoms with Crippen LogP contribution in [0.3, 0.4) is 0 Å². The Morgan fingerprint density at radius 3 is 2.77 bits per heavy atom. The molecule has 1 unspecified atom stereocenters. The maximum absolute atomic E-state index is 11.3. The molecule has 4 heteroatoms. The number of carbonyl (C=O) groups excluding carboxylic acids is 2. The molecule has 0 radical (unpaired) electrons. The average Bonchev–Trinajstić information content (AvgIpc) is 2.02. The number of rotatable bonds is 3. The van der Waals surface area contributed by atoms with Crippen LogP contribution in [0, 0.1) is 0 Å². The number of piperazine rings is 1. The molecule has 1 aliphatic heterocycles. The van der Waals surface area contributed by atoms with E-state index in [1.54, 1.807) is 0 Å². The number of unbranched alkanes of at least 4 members (excludes halogenated alkanes) is 1. The molecule has 74 valence electrons. The highest BCUT2D eigenvalue weighted by molar-refractivity contribution is 6.00. The largest absolute Gasteiger partial charge is 0.294 e. The summed E-state index contributed by atoms with van der Waals surface area (Å²) in [4.78, 5) is 24.1. The summed E-state index contributed by atoms with van der Waals surface area (Å²) in [6, 6.07) is -0.113. The van der Waals surface area contributed by atoms with Gasteiger partial charge in [-0.25, -0.2) is 0 Å². The zero-order valence-corrected chi connectivity index (χ0v) is 8.17. The van der Waals surface area contributed by atoms with E-state index in [0.717, 1.165) is 19.3 Å². The van der Waals surface area contributed by atoms with E-state index in [2.05, 4.69) is 12.2 Å². The van der Waals surface area contributed by atoms with Crippen LogP contribution in [-0.2, 0) is 9.59 Å². The first-order valence-corrected chi connectivity index (χ1v) is 4.69. The summed E-state index contributed by atoms with van der Waals surface area (Å²) < 4.78 is 0. The molecular weight excluding hydrogens is 168 g/mol. The van der Waals surface area contributed by atoms with Crippen LogP contribution in [-0.4, -0.2) is 36.3 Å². The molecule has 0 aliphatic carbocycles. The zero-order valence-electron chi connectivity index (χ0n) is 8.17. The Labute approximate surface area is 78.3 Å². The number of hydrogen-bond acceptors (Lipinski definition) is 3. The van der Waals surface area contributed by atoms with E-state index in [-0.39, 0.29) is 17.9 Å². The van der Waals surface area contributed by atoms with Gasteiger partial charge in [0.2, 0.25) is 11.8 Å². The third-order valence-electron chi connectivity index (χ3n) is 2.32. The second kappa shape index (κ2) is 4.37. The van der Waals surface area contributed by atoms with Gasteiger partial charge in [0.15, 0.2) is 0 Å². The number of nitrogens with one attached hydrogen (secondary N) is 1. The highest BCUT2D eigenvalue weighted by Gasteiger charge is 2.30. The van der Waals surface area contributed by atoms with E-state index < -0.39 is 0 Å². The van der Waals surface area contributed by atoms with Gasteiger partial charge in [0.05, 0.1) is 12.6 Å². The summed E-state index contributed by atoms with van der Waals surface area (Å²) in [5, 5.41) is 2.35. The number of likely N-dealkylation sites (N-methyl/N-ethyl adjacent to an activating group) is 1. The van der Waals surface area contributed by atoms with Crippen molar-refractivity contribution in [1.29, 1.82) is 0 Å². The van der Waals surface area contributed by atoms with E-state index in [1.807, 2.05) is 11.9 Å². The molecule has 0 aromatic carbocycles. The van der Waals surface area contributed by atoms with Gasteiger partial charge in [-0.1, -0.05) is 19.8 Å². The summed E-state index contributed by atoms with van der Waals surface area (Å²) >= 11 is 0.